The summed E-state index contributed by atoms with van der Waals surface area (Å²) >= 11 is 0. The molecule has 5 N–H and O–H groups in total. The second-order valence-corrected chi connectivity index (χ2v) is 11.0. The molecule has 15 nitrogen and oxygen atoms in total. The smallest absolute Gasteiger partial charge is 0.412 e. The molecule has 0 aliphatic heterocycles. The first-order valence-corrected chi connectivity index (χ1v) is 13.3. The lowest BCUT2D eigenvalue weighted by Gasteiger charge is -2.20. The first kappa shape index (κ1) is 30.5. The zero-order chi connectivity index (χ0) is 31.5. The summed E-state index contributed by atoms with van der Waals surface area (Å²) < 4.78 is 11.6. The van der Waals surface area contributed by atoms with Crippen LogP contribution in [0.15, 0.2) is 51.9 Å². The molecule has 0 spiro atoms. The molecule has 4 aromatic rings. The molecule has 2 aromatic heterocycles. The number of amides is 2. The van der Waals surface area contributed by atoms with E-state index >= 15 is 0 Å². The standard InChI is InChI=1S/C28H32N8O7/c1-15(2)32-25-26(38)35(14-23(37)30-12-16-6-7-20-22(8-16)43-34-24(20)29)21(13-31-25)17-9-18(11-19(10-17)36(40)41)33-27(39)42-28(3,4)5/h6-11,13,15H,12,14H2,1-5H3,(H2,29,34)(H,30,37)(H,31,32)(H,33,39). The largest absolute Gasteiger partial charge is 0.444 e. The lowest BCUT2D eigenvalue weighted by Crippen LogP contribution is -2.35. The number of non-ortho nitro benzene ring substituents is 1. The Labute approximate surface area is 245 Å². The molecule has 0 radical (unpaired) electrons. The zero-order valence-electron chi connectivity index (χ0n) is 24.3. The number of hydrogen-bond acceptors (Lipinski definition) is 11. The van der Waals surface area contributed by atoms with Crippen molar-refractivity contribution in [2.75, 3.05) is 16.4 Å². The van der Waals surface area contributed by atoms with Crippen LogP contribution in [0, 0.1) is 10.1 Å². The minimum atomic E-state index is -0.823. The lowest BCUT2D eigenvalue weighted by atomic mass is 10.1. The Kier molecular flexibility index (Phi) is 8.64. The number of hydrogen-bond donors (Lipinski definition) is 4. The van der Waals surface area contributed by atoms with Crippen molar-refractivity contribution >= 4 is 46.0 Å². The summed E-state index contributed by atoms with van der Waals surface area (Å²) in [6.45, 7) is 8.35. The van der Waals surface area contributed by atoms with Crippen molar-refractivity contribution in [1.82, 2.24) is 20.0 Å². The first-order valence-electron chi connectivity index (χ1n) is 13.3. The monoisotopic (exact) mass is 592 g/mol. The highest BCUT2D eigenvalue weighted by Gasteiger charge is 2.21. The number of ether oxygens (including phenoxy) is 1. The number of nitro groups is 1. The molecule has 226 valence electrons. The lowest BCUT2D eigenvalue weighted by molar-refractivity contribution is -0.384. The van der Waals surface area contributed by atoms with Crippen molar-refractivity contribution in [2.45, 2.75) is 59.4 Å². The van der Waals surface area contributed by atoms with Crippen LogP contribution < -0.4 is 27.2 Å². The number of carbonyl (C=O) groups is 2. The molecule has 0 saturated carbocycles. The van der Waals surface area contributed by atoms with Gasteiger partial charge in [0, 0.05) is 30.3 Å². The van der Waals surface area contributed by atoms with Crippen molar-refractivity contribution < 1.29 is 23.8 Å². The maximum Gasteiger partial charge on any atom is 0.412 e. The molecule has 0 aliphatic rings. The van der Waals surface area contributed by atoms with Gasteiger partial charge in [0.25, 0.3) is 11.2 Å². The molecule has 0 unspecified atom stereocenters. The Balaban J connectivity index is 1.67. The molecule has 2 aromatic carbocycles. The van der Waals surface area contributed by atoms with Crippen LogP contribution in [0.5, 0.6) is 0 Å². The van der Waals surface area contributed by atoms with Crippen LogP contribution in [-0.2, 0) is 22.6 Å². The van der Waals surface area contributed by atoms with E-state index < -0.39 is 34.6 Å². The number of anilines is 3. The molecular weight excluding hydrogens is 560 g/mol. The number of rotatable bonds is 9. The van der Waals surface area contributed by atoms with E-state index in [0.29, 0.717) is 16.5 Å². The minimum Gasteiger partial charge on any atom is -0.444 e. The second-order valence-electron chi connectivity index (χ2n) is 11.0. The van der Waals surface area contributed by atoms with E-state index in [1.165, 1.54) is 18.3 Å². The van der Waals surface area contributed by atoms with Crippen LogP contribution in [0.1, 0.15) is 40.2 Å². The van der Waals surface area contributed by atoms with Gasteiger partial charge in [0.1, 0.15) is 12.1 Å². The van der Waals surface area contributed by atoms with Gasteiger partial charge in [-0.2, -0.15) is 0 Å². The third-order valence-electron chi connectivity index (χ3n) is 5.91. The SMILES string of the molecule is CC(C)Nc1ncc(-c2cc(NC(=O)OC(C)(C)C)cc([N+](=O)[O-])c2)n(CC(=O)NCc2ccc3c(N)noc3c2)c1=O. The van der Waals surface area contributed by atoms with Gasteiger partial charge in [-0.25, -0.2) is 9.78 Å². The maximum absolute atomic E-state index is 13.5. The van der Waals surface area contributed by atoms with Crippen molar-refractivity contribution in [3.8, 4) is 11.3 Å². The average Bonchev–Trinajstić information content (AvgIpc) is 3.28. The first-order chi connectivity index (χ1) is 20.2. The van der Waals surface area contributed by atoms with Gasteiger partial charge in [0.05, 0.1) is 27.9 Å². The zero-order valence-corrected chi connectivity index (χ0v) is 24.3. The number of carbonyl (C=O) groups excluding carboxylic acids is 2. The number of nitrogens with one attached hydrogen (secondary N) is 3. The molecule has 0 saturated heterocycles. The number of nitrogen functional groups attached to an aromatic ring is 1. The topological polar surface area (TPSA) is 210 Å². The van der Waals surface area contributed by atoms with Crippen LogP contribution >= 0.6 is 0 Å². The molecule has 4 rings (SSSR count). The summed E-state index contributed by atoms with van der Waals surface area (Å²) in [7, 11) is 0. The highest BCUT2D eigenvalue weighted by molar-refractivity contribution is 5.88. The highest BCUT2D eigenvalue weighted by atomic mass is 16.6. The third-order valence-corrected chi connectivity index (χ3v) is 5.91. The van der Waals surface area contributed by atoms with Crippen LogP contribution in [0.4, 0.5) is 27.8 Å². The number of aromatic nitrogens is 3. The van der Waals surface area contributed by atoms with E-state index in [-0.39, 0.29) is 46.9 Å². The summed E-state index contributed by atoms with van der Waals surface area (Å²) in [5, 5.41) is 24.3. The summed E-state index contributed by atoms with van der Waals surface area (Å²) in [6.07, 6.45) is 0.509. The summed E-state index contributed by atoms with van der Waals surface area (Å²) in [6, 6.07) is 8.83. The van der Waals surface area contributed by atoms with Gasteiger partial charge in [-0.05, 0) is 58.4 Å². The van der Waals surface area contributed by atoms with Crippen molar-refractivity contribution in [3.63, 3.8) is 0 Å². The van der Waals surface area contributed by atoms with E-state index in [2.05, 4.69) is 26.1 Å². The predicted octanol–water partition coefficient (Wildman–Crippen LogP) is 4.03. The molecular formula is C28H32N8O7. The fraction of sp³-hybridized carbons (Fsp3) is 0.321. The van der Waals surface area contributed by atoms with Gasteiger partial charge >= 0.3 is 6.09 Å². The van der Waals surface area contributed by atoms with Gasteiger partial charge in [-0.3, -0.25) is 29.6 Å². The van der Waals surface area contributed by atoms with E-state index in [1.54, 1.807) is 39.0 Å². The third kappa shape index (κ3) is 7.63. The van der Waals surface area contributed by atoms with Crippen molar-refractivity contribution in [1.29, 1.82) is 0 Å². The van der Waals surface area contributed by atoms with Crippen LogP contribution in [0.2, 0.25) is 0 Å². The number of nitrogens with zero attached hydrogens (tertiary/aromatic N) is 4. The number of benzene rings is 2. The normalized spacial score (nSPS) is 11.4. The van der Waals surface area contributed by atoms with E-state index in [4.69, 9.17) is 15.0 Å². The van der Waals surface area contributed by atoms with Crippen LogP contribution in [-0.4, -0.2) is 43.3 Å². The molecule has 0 fully saturated rings. The Morgan fingerprint density at radius 3 is 2.60 bits per heavy atom. The van der Waals surface area contributed by atoms with E-state index in [9.17, 15) is 24.5 Å². The highest BCUT2D eigenvalue weighted by Crippen LogP contribution is 2.29. The van der Waals surface area contributed by atoms with Crippen LogP contribution in [0.25, 0.3) is 22.2 Å². The Bertz CT molecular complexity index is 1750. The van der Waals surface area contributed by atoms with Gasteiger partial charge in [-0.15, -0.1) is 0 Å². The van der Waals surface area contributed by atoms with Gasteiger partial charge in [0.2, 0.25) is 5.91 Å². The molecule has 0 bridgehead atoms. The summed E-state index contributed by atoms with van der Waals surface area (Å²) in [5.74, 6) is -0.260. The van der Waals surface area contributed by atoms with E-state index in [0.717, 1.165) is 10.6 Å². The summed E-state index contributed by atoms with van der Waals surface area (Å²) in [5.41, 5.74) is 5.47. The Morgan fingerprint density at radius 1 is 1.19 bits per heavy atom. The number of fused-ring (bicyclic) bond motifs is 1. The average molecular weight is 593 g/mol. The molecule has 2 amide bonds. The van der Waals surface area contributed by atoms with Gasteiger partial charge < -0.3 is 25.6 Å². The quantitative estimate of drug-likeness (QED) is 0.161. The fourth-order valence-corrected chi connectivity index (χ4v) is 4.12. The van der Waals surface area contributed by atoms with Crippen molar-refractivity contribution in [2.24, 2.45) is 0 Å². The Morgan fingerprint density at radius 2 is 1.93 bits per heavy atom. The Hall–Kier alpha value is -5.47. The summed E-state index contributed by atoms with van der Waals surface area (Å²) in [4.78, 5) is 54.3. The van der Waals surface area contributed by atoms with Gasteiger partial charge in [-0.1, -0.05) is 11.2 Å². The molecule has 0 aliphatic carbocycles. The molecule has 43 heavy (non-hydrogen) atoms. The minimum absolute atomic E-state index is 0.00237. The second kappa shape index (κ2) is 12.2. The maximum atomic E-state index is 13.5. The van der Waals surface area contributed by atoms with E-state index in [1.807, 2.05) is 13.8 Å². The molecule has 2 heterocycles. The van der Waals surface area contributed by atoms with Crippen LogP contribution in [0.3, 0.4) is 0 Å². The molecule has 15 heteroatoms. The number of nitro benzene ring substituents is 1. The van der Waals surface area contributed by atoms with Gasteiger partial charge in [0.15, 0.2) is 17.2 Å². The fourth-order valence-electron chi connectivity index (χ4n) is 4.12. The molecule has 0 atom stereocenters. The van der Waals surface area contributed by atoms with Crippen molar-refractivity contribution in [3.05, 3.63) is 68.6 Å². The predicted molar refractivity (Wildman–Crippen MR) is 159 cm³/mol. The number of nitrogens with two attached hydrogens (primary N) is 1.